The Labute approximate surface area is 100 Å². The second kappa shape index (κ2) is 10.9. The molecular weight excluding hydrogens is 200 g/mol. The molecule has 1 atom stereocenters. The maximum atomic E-state index is 10.8. The largest absolute Gasteiger partial charge is 0.370 e. The Kier molecular flexibility index (Phi) is 10.5. The molecule has 0 rings (SSSR count). The van der Waals surface area contributed by atoms with Crippen LogP contribution in [0.4, 0.5) is 0 Å². The molecule has 0 radical (unpaired) electrons. The third-order valence-corrected chi connectivity index (χ3v) is 3.01. The van der Waals surface area contributed by atoms with Crippen molar-refractivity contribution in [1.29, 1.82) is 0 Å². The lowest BCUT2D eigenvalue weighted by atomic mass is 10.0. The highest BCUT2D eigenvalue weighted by atomic mass is 16.1. The van der Waals surface area contributed by atoms with E-state index in [0.29, 0.717) is 6.42 Å². The number of hydrogen-bond donors (Lipinski definition) is 2. The lowest BCUT2D eigenvalue weighted by Gasteiger charge is -2.13. The Bertz CT molecular complexity index is 171. The van der Waals surface area contributed by atoms with Gasteiger partial charge in [-0.1, -0.05) is 51.9 Å². The van der Waals surface area contributed by atoms with Crippen molar-refractivity contribution in [3.8, 4) is 0 Å². The first-order chi connectivity index (χ1) is 7.70. The van der Waals surface area contributed by atoms with E-state index in [1.165, 1.54) is 44.9 Å². The van der Waals surface area contributed by atoms with E-state index >= 15 is 0 Å². The first kappa shape index (κ1) is 15.4. The minimum atomic E-state index is -0.206. The summed E-state index contributed by atoms with van der Waals surface area (Å²) in [5, 5.41) is 3.14. The molecule has 0 aliphatic rings. The molecule has 0 aromatic carbocycles. The van der Waals surface area contributed by atoms with Gasteiger partial charge in [-0.2, -0.15) is 0 Å². The van der Waals surface area contributed by atoms with Crippen LogP contribution in [0.5, 0.6) is 0 Å². The van der Waals surface area contributed by atoms with Gasteiger partial charge in [-0.3, -0.25) is 4.79 Å². The smallest absolute Gasteiger partial charge is 0.218 e. The molecule has 0 saturated carbocycles. The van der Waals surface area contributed by atoms with Gasteiger partial charge in [-0.15, -0.1) is 0 Å². The molecule has 0 aromatic heterocycles. The van der Waals surface area contributed by atoms with Crippen molar-refractivity contribution in [3.63, 3.8) is 0 Å². The summed E-state index contributed by atoms with van der Waals surface area (Å²) in [5.74, 6) is -0.206. The molecule has 1 amide bonds. The van der Waals surface area contributed by atoms with Crippen molar-refractivity contribution < 1.29 is 4.79 Å². The fraction of sp³-hybridized carbons (Fsp3) is 0.923. The number of rotatable bonds is 11. The first-order valence-electron chi connectivity index (χ1n) is 6.66. The van der Waals surface area contributed by atoms with E-state index in [4.69, 9.17) is 5.73 Å². The van der Waals surface area contributed by atoms with Gasteiger partial charge in [0.25, 0.3) is 0 Å². The Morgan fingerprint density at radius 1 is 1.12 bits per heavy atom. The molecule has 0 heterocycles. The molecule has 1 unspecified atom stereocenters. The molecule has 96 valence electrons. The van der Waals surface area contributed by atoms with Crippen LogP contribution >= 0.6 is 0 Å². The fourth-order valence-electron chi connectivity index (χ4n) is 1.94. The van der Waals surface area contributed by atoms with Crippen molar-refractivity contribution >= 4 is 5.91 Å². The molecule has 3 N–H and O–H groups in total. The molecule has 0 aliphatic heterocycles. The molecule has 3 nitrogen and oxygen atoms in total. The van der Waals surface area contributed by atoms with Crippen LogP contribution in [0.15, 0.2) is 0 Å². The van der Waals surface area contributed by atoms with Crippen molar-refractivity contribution in [3.05, 3.63) is 0 Å². The number of carbonyl (C=O) groups excluding carboxylic acids is 1. The van der Waals surface area contributed by atoms with Gasteiger partial charge in [-0.25, -0.2) is 0 Å². The van der Waals surface area contributed by atoms with E-state index in [1.54, 1.807) is 0 Å². The van der Waals surface area contributed by atoms with Crippen LogP contribution in [-0.4, -0.2) is 19.0 Å². The van der Waals surface area contributed by atoms with E-state index in [2.05, 4.69) is 12.2 Å². The quantitative estimate of drug-likeness (QED) is 0.534. The number of amides is 1. The molecule has 0 aromatic rings. The van der Waals surface area contributed by atoms with E-state index in [-0.39, 0.29) is 11.9 Å². The second-order valence-electron chi connectivity index (χ2n) is 4.57. The molecule has 0 bridgehead atoms. The zero-order chi connectivity index (χ0) is 12.2. The van der Waals surface area contributed by atoms with Crippen LogP contribution in [0, 0.1) is 0 Å². The summed E-state index contributed by atoms with van der Waals surface area (Å²) in [6.45, 7) is 2.24. The number of primary amides is 1. The van der Waals surface area contributed by atoms with Gasteiger partial charge in [0.15, 0.2) is 0 Å². The fourth-order valence-corrected chi connectivity index (χ4v) is 1.94. The SMILES string of the molecule is CCCCCCCCCC(CC(N)=O)NC. The van der Waals surface area contributed by atoms with E-state index < -0.39 is 0 Å². The molecular formula is C13H28N2O. The van der Waals surface area contributed by atoms with Gasteiger partial charge in [0.2, 0.25) is 5.91 Å². The second-order valence-corrected chi connectivity index (χ2v) is 4.57. The average Bonchev–Trinajstić information content (AvgIpc) is 2.25. The zero-order valence-corrected chi connectivity index (χ0v) is 10.9. The summed E-state index contributed by atoms with van der Waals surface area (Å²) in [6, 6.07) is 0.271. The van der Waals surface area contributed by atoms with Crippen molar-refractivity contribution in [1.82, 2.24) is 5.32 Å². The van der Waals surface area contributed by atoms with Gasteiger partial charge >= 0.3 is 0 Å². The van der Waals surface area contributed by atoms with Gasteiger partial charge < -0.3 is 11.1 Å². The van der Waals surface area contributed by atoms with Crippen LogP contribution in [0.3, 0.4) is 0 Å². The van der Waals surface area contributed by atoms with Crippen LogP contribution in [0.2, 0.25) is 0 Å². The van der Waals surface area contributed by atoms with E-state index in [9.17, 15) is 4.79 Å². The monoisotopic (exact) mass is 228 g/mol. The van der Waals surface area contributed by atoms with Crippen LogP contribution in [0.1, 0.15) is 64.7 Å². The number of unbranched alkanes of at least 4 members (excludes halogenated alkanes) is 6. The molecule has 0 aliphatic carbocycles. The number of nitrogens with two attached hydrogens (primary N) is 1. The van der Waals surface area contributed by atoms with Gasteiger partial charge in [0.1, 0.15) is 0 Å². The molecule has 0 spiro atoms. The Morgan fingerprint density at radius 3 is 2.19 bits per heavy atom. The Hall–Kier alpha value is -0.570. The Morgan fingerprint density at radius 2 is 1.69 bits per heavy atom. The Balaban J connectivity index is 3.31. The lowest BCUT2D eigenvalue weighted by Crippen LogP contribution is -2.30. The maximum absolute atomic E-state index is 10.8. The highest BCUT2D eigenvalue weighted by Gasteiger charge is 2.08. The minimum absolute atomic E-state index is 0.206. The van der Waals surface area contributed by atoms with E-state index in [0.717, 1.165) is 6.42 Å². The number of nitrogens with one attached hydrogen (secondary N) is 1. The highest BCUT2D eigenvalue weighted by Crippen LogP contribution is 2.10. The van der Waals surface area contributed by atoms with E-state index in [1.807, 2.05) is 7.05 Å². The first-order valence-corrected chi connectivity index (χ1v) is 6.66. The summed E-state index contributed by atoms with van der Waals surface area (Å²) in [5.41, 5.74) is 5.18. The topological polar surface area (TPSA) is 55.1 Å². The van der Waals surface area contributed by atoms with Crippen LogP contribution < -0.4 is 11.1 Å². The molecule has 3 heteroatoms. The number of hydrogen-bond acceptors (Lipinski definition) is 2. The lowest BCUT2D eigenvalue weighted by molar-refractivity contribution is -0.118. The standard InChI is InChI=1S/C13H28N2O/c1-3-4-5-6-7-8-9-10-12(15-2)11-13(14)16/h12,15H,3-11H2,1-2H3,(H2,14,16). The third kappa shape index (κ3) is 9.97. The van der Waals surface area contributed by atoms with Crippen LogP contribution in [0.25, 0.3) is 0 Å². The highest BCUT2D eigenvalue weighted by molar-refractivity contribution is 5.74. The normalized spacial score (nSPS) is 12.6. The minimum Gasteiger partial charge on any atom is -0.370 e. The summed E-state index contributed by atoms with van der Waals surface area (Å²) >= 11 is 0. The third-order valence-electron chi connectivity index (χ3n) is 3.01. The predicted octanol–water partition coefficient (Wildman–Crippen LogP) is 2.59. The van der Waals surface area contributed by atoms with Gasteiger partial charge in [0.05, 0.1) is 0 Å². The average molecular weight is 228 g/mol. The van der Waals surface area contributed by atoms with Crippen molar-refractivity contribution in [2.45, 2.75) is 70.8 Å². The molecule has 0 saturated heterocycles. The predicted molar refractivity (Wildman–Crippen MR) is 69.3 cm³/mol. The number of carbonyl (C=O) groups is 1. The maximum Gasteiger partial charge on any atom is 0.218 e. The van der Waals surface area contributed by atoms with Crippen molar-refractivity contribution in [2.24, 2.45) is 5.73 Å². The van der Waals surface area contributed by atoms with Crippen LogP contribution in [-0.2, 0) is 4.79 Å². The summed E-state index contributed by atoms with van der Waals surface area (Å²) in [6.07, 6.45) is 10.7. The summed E-state index contributed by atoms with van der Waals surface area (Å²) in [4.78, 5) is 10.8. The van der Waals surface area contributed by atoms with Gasteiger partial charge in [-0.05, 0) is 13.5 Å². The summed E-state index contributed by atoms with van der Waals surface area (Å²) < 4.78 is 0. The van der Waals surface area contributed by atoms with Gasteiger partial charge in [0, 0.05) is 12.5 Å². The van der Waals surface area contributed by atoms with Crippen molar-refractivity contribution in [2.75, 3.05) is 7.05 Å². The summed E-state index contributed by atoms with van der Waals surface area (Å²) in [7, 11) is 1.90. The molecule has 0 fully saturated rings. The molecule has 16 heavy (non-hydrogen) atoms. The zero-order valence-electron chi connectivity index (χ0n) is 10.9.